The number of cyclic esters (lactones) is 1. The van der Waals surface area contributed by atoms with E-state index >= 15 is 0 Å². The molecule has 7 atom stereocenters. The molecule has 2 unspecified atom stereocenters. The molecule has 0 saturated carbocycles. The summed E-state index contributed by atoms with van der Waals surface area (Å²) in [4.78, 5) is 31.6. The minimum atomic E-state index is -1.28. The topological polar surface area (TPSA) is 109 Å². The maximum atomic E-state index is 13.6. The summed E-state index contributed by atoms with van der Waals surface area (Å²) in [7, 11) is 0. The predicted molar refractivity (Wildman–Crippen MR) is 160 cm³/mol. The van der Waals surface area contributed by atoms with E-state index in [0.29, 0.717) is 12.8 Å². The van der Waals surface area contributed by atoms with Gasteiger partial charge in [0.25, 0.3) is 0 Å². The zero-order valence-electron chi connectivity index (χ0n) is 25.0. The first kappa shape index (κ1) is 31.1. The van der Waals surface area contributed by atoms with Gasteiger partial charge in [0, 0.05) is 17.7 Å². The Bertz CT molecular complexity index is 1300. The summed E-state index contributed by atoms with van der Waals surface area (Å²) >= 11 is 0. The van der Waals surface area contributed by atoms with Crippen LogP contribution in [0.5, 0.6) is 0 Å². The Morgan fingerprint density at radius 2 is 1.88 bits per heavy atom. The Morgan fingerprint density at radius 1 is 1.15 bits per heavy atom. The van der Waals surface area contributed by atoms with Gasteiger partial charge in [0.05, 0.1) is 47.0 Å². The number of benzene rings is 1. The van der Waals surface area contributed by atoms with Crippen molar-refractivity contribution in [1.29, 1.82) is 0 Å². The smallest absolute Gasteiger partial charge is 0.309 e. The van der Waals surface area contributed by atoms with E-state index in [1.165, 1.54) is 0 Å². The third-order valence-corrected chi connectivity index (χ3v) is 9.15. The van der Waals surface area contributed by atoms with E-state index in [4.69, 9.17) is 14.5 Å². The number of para-hydroxylation sites is 1. The van der Waals surface area contributed by atoms with E-state index in [1.807, 2.05) is 56.3 Å². The number of ether oxygens (including phenoxy) is 2. The summed E-state index contributed by atoms with van der Waals surface area (Å²) in [6.07, 6.45) is 3.54. The van der Waals surface area contributed by atoms with Crippen LogP contribution in [-0.4, -0.2) is 57.0 Å². The minimum absolute atomic E-state index is 0.0854. The van der Waals surface area contributed by atoms with Crippen molar-refractivity contribution in [1.82, 2.24) is 4.98 Å². The highest BCUT2D eigenvalue weighted by molar-refractivity contribution is 5.88. The van der Waals surface area contributed by atoms with Crippen LogP contribution in [0.4, 0.5) is 0 Å². The quantitative estimate of drug-likeness (QED) is 0.274. The molecule has 0 aliphatic carbocycles. The molecule has 222 valence electrons. The summed E-state index contributed by atoms with van der Waals surface area (Å²) in [5.41, 5.74) is 0.861. The molecule has 2 fully saturated rings. The van der Waals surface area contributed by atoms with Crippen molar-refractivity contribution in [2.45, 2.75) is 103 Å². The largest absolute Gasteiger partial charge is 0.458 e. The second-order valence-corrected chi connectivity index (χ2v) is 12.7. The SMILES string of the molecule is C=CC[C@H]1C(=O)C(C)(C)[C@@H](O)CC(=O)O[C@H](/C(C)=C/c2ccc3ccccc3n2)CC2OC2(C)CCC[C@H](C)[C@H]1O. The van der Waals surface area contributed by atoms with Crippen LogP contribution in [0.1, 0.15) is 78.8 Å². The van der Waals surface area contributed by atoms with Gasteiger partial charge in [-0.05, 0) is 62.8 Å². The fourth-order valence-corrected chi connectivity index (χ4v) is 6.00. The zero-order valence-corrected chi connectivity index (χ0v) is 25.0. The van der Waals surface area contributed by atoms with Crippen LogP contribution in [0.3, 0.4) is 0 Å². The molecule has 2 aliphatic heterocycles. The number of aliphatic hydroxyl groups is 2. The van der Waals surface area contributed by atoms with Crippen LogP contribution < -0.4 is 0 Å². The van der Waals surface area contributed by atoms with Gasteiger partial charge in [-0.15, -0.1) is 6.58 Å². The van der Waals surface area contributed by atoms with Gasteiger partial charge in [0.15, 0.2) is 0 Å². The number of pyridine rings is 1. The monoisotopic (exact) mass is 563 g/mol. The van der Waals surface area contributed by atoms with Crippen molar-refractivity contribution >= 4 is 28.7 Å². The van der Waals surface area contributed by atoms with Crippen molar-refractivity contribution in [3.63, 3.8) is 0 Å². The highest BCUT2D eigenvalue weighted by Gasteiger charge is 2.53. The highest BCUT2D eigenvalue weighted by atomic mass is 16.6. The Labute approximate surface area is 243 Å². The molecule has 2 saturated heterocycles. The Kier molecular flexibility index (Phi) is 9.52. The molecule has 2 N–H and O–H groups in total. The van der Waals surface area contributed by atoms with E-state index in [1.54, 1.807) is 19.9 Å². The van der Waals surface area contributed by atoms with E-state index in [9.17, 15) is 19.8 Å². The van der Waals surface area contributed by atoms with Gasteiger partial charge in [0.2, 0.25) is 0 Å². The molecule has 1 aromatic carbocycles. The van der Waals surface area contributed by atoms with Gasteiger partial charge in [-0.25, -0.2) is 4.98 Å². The average Bonchev–Trinajstić information content (AvgIpc) is 3.57. The molecule has 7 heteroatoms. The predicted octanol–water partition coefficient (Wildman–Crippen LogP) is 5.82. The summed E-state index contributed by atoms with van der Waals surface area (Å²) in [6.45, 7) is 13.0. The van der Waals surface area contributed by atoms with Crippen molar-refractivity contribution in [2.24, 2.45) is 17.3 Å². The van der Waals surface area contributed by atoms with Crippen LogP contribution in [0, 0.1) is 17.3 Å². The van der Waals surface area contributed by atoms with Gasteiger partial charge in [-0.2, -0.15) is 0 Å². The lowest BCUT2D eigenvalue weighted by atomic mass is 9.71. The fourth-order valence-electron chi connectivity index (χ4n) is 6.00. The number of ketones is 1. The van der Waals surface area contributed by atoms with Crippen LogP contribution in [0.2, 0.25) is 0 Å². The summed E-state index contributed by atoms with van der Waals surface area (Å²) < 4.78 is 12.1. The molecule has 0 radical (unpaired) electrons. The van der Waals surface area contributed by atoms with Crippen LogP contribution in [0.25, 0.3) is 17.0 Å². The number of hydrogen-bond acceptors (Lipinski definition) is 7. The third-order valence-electron chi connectivity index (χ3n) is 9.15. The summed E-state index contributed by atoms with van der Waals surface area (Å²) in [6, 6.07) is 11.8. The van der Waals surface area contributed by atoms with Crippen molar-refractivity contribution in [3.05, 3.63) is 60.3 Å². The number of esters is 1. The summed E-state index contributed by atoms with van der Waals surface area (Å²) in [5, 5.41) is 23.3. The second kappa shape index (κ2) is 12.6. The number of Topliss-reactive ketones (excluding diaryl/α,β-unsaturated/α-hetero) is 1. The molecule has 3 heterocycles. The van der Waals surface area contributed by atoms with E-state index < -0.39 is 35.6 Å². The summed E-state index contributed by atoms with van der Waals surface area (Å²) in [5.74, 6) is -1.71. The van der Waals surface area contributed by atoms with Crippen LogP contribution in [0.15, 0.2) is 54.6 Å². The van der Waals surface area contributed by atoms with Crippen LogP contribution >= 0.6 is 0 Å². The molecule has 4 rings (SSSR count). The molecular formula is C34H45NO6. The lowest BCUT2D eigenvalue weighted by Gasteiger charge is -2.35. The minimum Gasteiger partial charge on any atom is -0.458 e. The van der Waals surface area contributed by atoms with Gasteiger partial charge < -0.3 is 19.7 Å². The fraction of sp³-hybridized carbons (Fsp3) is 0.559. The normalized spacial score (nSPS) is 33.6. The maximum Gasteiger partial charge on any atom is 0.309 e. The molecule has 2 aromatic rings. The number of aliphatic hydroxyl groups excluding tert-OH is 2. The first-order chi connectivity index (χ1) is 19.4. The average molecular weight is 564 g/mol. The Balaban J connectivity index is 1.61. The molecule has 0 bridgehead atoms. The first-order valence-corrected chi connectivity index (χ1v) is 14.8. The number of nitrogens with zero attached hydrogens (tertiary/aromatic N) is 1. The van der Waals surface area contributed by atoms with Gasteiger partial charge in [0.1, 0.15) is 11.9 Å². The lowest BCUT2D eigenvalue weighted by Crippen LogP contribution is -2.46. The van der Waals surface area contributed by atoms with Gasteiger partial charge in [-0.3, -0.25) is 9.59 Å². The second-order valence-electron chi connectivity index (χ2n) is 12.7. The van der Waals surface area contributed by atoms with Gasteiger partial charge >= 0.3 is 5.97 Å². The first-order valence-electron chi connectivity index (χ1n) is 14.8. The molecule has 41 heavy (non-hydrogen) atoms. The molecule has 7 nitrogen and oxygen atoms in total. The molecule has 0 spiro atoms. The van der Waals surface area contributed by atoms with Crippen molar-refractivity contribution < 1.29 is 29.3 Å². The molecular weight excluding hydrogens is 518 g/mol. The number of hydrogen-bond donors (Lipinski definition) is 2. The van der Waals surface area contributed by atoms with Crippen LogP contribution in [-0.2, 0) is 19.1 Å². The number of rotatable bonds is 4. The number of carbonyl (C=O) groups excluding carboxylic acids is 2. The number of aromatic nitrogens is 1. The van der Waals surface area contributed by atoms with E-state index in [-0.39, 0.29) is 29.8 Å². The van der Waals surface area contributed by atoms with Crippen molar-refractivity contribution in [2.75, 3.05) is 0 Å². The lowest BCUT2D eigenvalue weighted by molar-refractivity contribution is -0.154. The standard InChI is InChI=1S/C34H45NO6/c1-7-11-25-31(38)21(2)12-10-17-34(6)29(41-34)19-27(40-30(37)20-28(36)33(4,5)32(25)39)22(3)18-24-16-15-23-13-8-9-14-26(23)35-24/h7-9,13-16,18,21,25,27-29,31,36,38H,1,10-12,17,19-20H2,2-6H3/b22-18+/t21-,25+,27-,28-,29?,31+,34?/m0/s1. The Morgan fingerprint density at radius 3 is 2.61 bits per heavy atom. The number of allylic oxidation sites excluding steroid dienone is 1. The molecule has 2 aliphatic rings. The number of fused-ring (bicyclic) bond motifs is 2. The number of epoxide rings is 1. The number of carbonyl (C=O) groups is 2. The molecule has 1 aromatic heterocycles. The maximum absolute atomic E-state index is 13.6. The highest BCUT2D eigenvalue weighted by Crippen LogP contribution is 2.45. The third kappa shape index (κ3) is 7.14. The van der Waals surface area contributed by atoms with Crippen molar-refractivity contribution in [3.8, 4) is 0 Å². The van der Waals surface area contributed by atoms with E-state index in [2.05, 4.69) is 13.5 Å². The molecule has 0 amide bonds. The Hall–Kier alpha value is -2.87. The zero-order chi connectivity index (χ0) is 29.9. The van der Waals surface area contributed by atoms with Gasteiger partial charge in [-0.1, -0.05) is 57.5 Å². The van der Waals surface area contributed by atoms with E-state index in [0.717, 1.165) is 41.4 Å².